The molecule has 1 aliphatic rings. The first-order valence-electron chi connectivity index (χ1n) is 4.94. The molecule has 0 amide bonds. The minimum atomic E-state index is -3.49. The summed E-state index contributed by atoms with van der Waals surface area (Å²) in [5, 5.41) is 0. The van der Waals surface area contributed by atoms with Crippen LogP contribution >= 0.6 is 10.7 Å². The molecule has 0 saturated carbocycles. The number of halogens is 1. The number of aromatic nitrogens is 2. The quantitative estimate of drug-likeness (QED) is 0.747. The third-order valence-electron chi connectivity index (χ3n) is 2.69. The summed E-state index contributed by atoms with van der Waals surface area (Å²) in [5.74, 6) is 0.877. The monoisotopic (exact) mass is 248 g/mol. The van der Waals surface area contributed by atoms with Crippen molar-refractivity contribution in [2.45, 2.75) is 38.5 Å². The van der Waals surface area contributed by atoms with Crippen molar-refractivity contribution in [3.8, 4) is 0 Å². The zero-order chi connectivity index (χ0) is 11.1. The fourth-order valence-electron chi connectivity index (χ4n) is 2.02. The lowest BCUT2D eigenvalue weighted by molar-refractivity contribution is 0.511. The minimum Gasteiger partial charge on any atom is -0.331 e. The van der Waals surface area contributed by atoms with Crippen molar-refractivity contribution >= 4 is 19.7 Å². The maximum absolute atomic E-state index is 11.1. The lowest BCUT2D eigenvalue weighted by Gasteiger charge is -2.15. The first-order valence-corrected chi connectivity index (χ1v) is 7.42. The van der Waals surface area contributed by atoms with Gasteiger partial charge in [-0.25, -0.2) is 13.4 Å². The van der Waals surface area contributed by atoms with Crippen LogP contribution in [0.5, 0.6) is 0 Å². The summed E-state index contributed by atoms with van der Waals surface area (Å²) in [5.41, 5.74) is 1.54. The summed E-state index contributed by atoms with van der Waals surface area (Å²) >= 11 is 0. The molecule has 1 aliphatic heterocycles. The number of hydrogen-bond acceptors (Lipinski definition) is 3. The normalized spacial score (nSPS) is 16.4. The Hall–Kier alpha value is -0.550. The molecule has 0 aliphatic carbocycles. The van der Waals surface area contributed by atoms with Crippen LogP contribution < -0.4 is 0 Å². The SMILES string of the molecule is Cc1nc2n(c1CS(=O)(=O)Cl)CCCC2. The molecule has 84 valence electrons. The van der Waals surface area contributed by atoms with Gasteiger partial charge in [-0.05, 0) is 19.8 Å². The highest BCUT2D eigenvalue weighted by Gasteiger charge is 2.20. The van der Waals surface area contributed by atoms with Crippen molar-refractivity contribution in [2.75, 3.05) is 0 Å². The zero-order valence-corrected chi connectivity index (χ0v) is 10.1. The number of hydrogen-bond donors (Lipinski definition) is 0. The van der Waals surface area contributed by atoms with Gasteiger partial charge < -0.3 is 4.57 Å². The molecule has 2 rings (SSSR count). The smallest absolute Gasteiger partial charge is 0.238 e. The van der Waals surface area contributed by atoms with E-state index in [4.69, 9.17) is 10.7 Å². The Morgan fingerprint density at radius 1 is 1.47 bits per heavy atom. The van der Waals surface area contributed by atoms with Crippen LogP contribution in [0.2, 0.25) is 0 Å². The van der Waals surface area contributed by atoms with Crippen LogP contribution in [0.4, 0.5) is 0 Å². The number of fused-ring (bicyclic) bond motifs is 1. The second kappa shape index (κ2) is 3.79. The minimum absolute atomic E-state index is 0.118. The molecule has 0 aromatic carbocycles. The maximum Gasteiger partial charge on any atom is 0.238 e. The summed E-state index contributed by atoms with van der Waals surface area (Å²) in [4.78, 5) is 4.38. The van der Waals surface area contributed by atoms with Crippen molar-refractivity contribution in [2.24, 2.45) is 0 Å². The summed E-state index contributed by atoms with van der Waals surface area (Å²) in [6, 6.07) is 0. The van der Waals surface area contributed by atoms with Gasteiger partial charge in [-0.2, -0.15) is 0 Å². The summed E-state index contributed by atoms with van der Waals surface area (Å²) in [6.07, 6.45) is 3.14. The molecule has 6 heteroatoms. The predicted octanol–water partition coefficient (Wildman–Crippen LogP) is 1.60. The van der Waals surface area contributed by atoms with E-state index in [1.165, 1.54) is 0 Å². The lowest BCUT2D eigenvalue weighted by atomic mass is 10.2. The summed E-state index contributed by atoms with van der Waals surface area (Å²) in [6.45, 7) is 2.70. The van der Waals surface area contributed by atoms with Gasteiger partial charge in [0.25, 0.3) is 0 Å². The van der Waals surface area contributed by atoms with Crippen LogP contribution in [0.15, 0.2) is 0 Å². The first-order chi connectivity index (χ1) is 6.97. The van der Waals surface area contributed by atoms with E-state index in [2.05, 4.69) is 4.98 Å². The zero-order valence-electron chi connectivity index (χ0n) is 8.53. The number of imidazole rings is 1. The molecule has 0 atom stereocenters. The van der Waals surface area contributed by atoms with E-state index in [1.807, 2.05) is 11.5 Å². The molecule has 2 heterocycles. The Morgan fingerprint density at radius 2 is 2.20 bits per heavy atom. The molecule has 0 radical (unpaired) electrons. The van der Waals surface area contributed by atoms with Crippen molar-refractivity contribution in [3.05, 3.63) is 17.2 Å². The average Bonchev–Trinajstić information content (AvgIpc) is 2.41. The Bertz CT molecular complexity index is 479. The molecule has 1 aromatic rings. The molecule has 15 heavy (non-hydrogen) atoms. The standard InChI is InChI=1S/C9H13ClN2O2S/c1-7-8(6-15(10,13)14)12-5-3-2-4-9(12)11-7/h2-6H2,1H3. The van der Waals surface area contributed by atoms with Crippen LogP contribution in [0.3, 0.4) is 0 Å². The Kier molecular flexibility index (Phi) is 2.77. The van der Waals surface area contributed by atoms with Crippen molar-refractivity contribution in [3.63, 3.8) is 0 Å². The maximum atomic E-state index is 11.1. The molecule has 0 spiro atoms. The van der Waals surface area contributed by atoms with Crippen LogP contribution in [0, 0.1) is 6.92 Å². The topological polar surface area (TPSA) is 52.0 Å². The van der Waals surface area contributed by atoms with E-state index in [9.17, 15) is 8.42 Å². The molecule has 0 bridgehead atoms. The molecule has 0 fully saturated rings. The third kappa shape index (κ3) is 2.34. The molecular weight excluding hydrogens is 236 g/mol. The fraction of sp³-hybridized carbons (Fsp3) is 0.667. The largest absolute Gasteiger partial charge is 0.331 e. The first kappa shape index (κ1) is 11.0. The van der Waals surface area contributed by atoms with E-state index in [-0.39, 0.29) is 5.75 Å². The van der Waals surface area contributed by atoms with Gasteiger partial charge in [-0.1, -0.05) is 0 Å². The van der Waals surface area contributed by atoms with Crippen LogP contribution in [-0.2, 0) is 27.8 Å². The highest BCUT2D eigenvalue weighted by atomic mass is 35.7. The Labute approximate surface area is 93.7 Å². The Morgan fingerprint density at radius 3 is 2.87 bits per heavy atom. The van der Waals surface area contributed by atoms with E-state index in [1.54, 1.807) is 0 Å². The highest BCUT2D eigenvalue weighted by Crippen LogP contribution is 2.21. The van der Waals surface area contributed by atoms with Crippen LogP contribution in [-0.4, -0.2) is 18.0 Å². The van der Waals surface area contributed by atoms with E-state index >= 15 is 0 Å². The van der Waals surface area contributed by atoms with Gasteiger partial charge in [0.2, 0.25) is 9.05 Å². The van der Waals surface area contributed by atoms with Gasteiger partial charge >= 0.3 is 0 Å². The number of nitrogens with zero attached hydrogens (tertiary/aromatic N) is 2. The van der Waals surface area contributed by atoms with E-state index in [0.29, 0.717) is 0 Å². The lowest BCUT2D eigenvalue weighted by Crippen LogP contribution is -2.14. The molecule has 1 aromatic heterocycles. The van der Waals surface area contributed by atoms with Gasteiger partial charge in [0.05, 0.1) is 11.4 Å². The molecule has 4 nitrogen and oxygen atoms in total. The summed E-state index contributed by atoms with van der Waals surface area (Å²) in [7, 11) is 1.78. The molecule has 0 saturated heterocycles. The number of aryl methyl sites for hydroxylation is 2. The predicted molar refractivity (Wildman–Crippen MR) is 58.4 cm³/mol. The van der Waals surface area contributed by atoms with Gasteiger partial charge in [-0.15, -0.1) is 0 Å². The fourth-order valence-corrected chi connectivity index (χ4v) is 3.02. The second-order valence-electron chi connectivity index (χ2n) is 3.85. The Balaban J connectivity index is 2.42. The van der Waals surface area contributed by atoms with Crippen LogP contribution in [0.1, 0.15) is 30.1 Å². The average molecular weight is 249 g/mol. The molecule has 0 N–H and O–H groups in total. The van der Waals surface area contributed by atoms with Crippen molar-refractivity contribution < 1.29 is 8.42 Å². The van der Waals surface area contributed by atoms with Gasteiger partial charge in [0.1, 0.15) is 11.6 Å². The molecular formula is C9H13ClN2O2S. The van der Waals surface area contributed by atoms with Crippen molar-refractivity contribution in [1.29, 1.82) is 0 Å². The van der Waals surface area contributed by atoms with Gasteiger partial charge in [0, 0.05) is 23.6 Å². The molecule has 0 unspecified atom stereocenters. The second-order valence-corrected chi connectivity index (χ2v) is 6.63. The van der Waals surface area contributed by atoms with Gasteiger partial charge in [-0.3, -0.25) is 0 Å². The van der Waals surface area contributed by atoms with E-state index in [0.717, 1.165) is 43.0 Å². The van der Waals surface area contributed by atoms with Crippen LogP contribution in [0.25, 0.3) is 0 Å². The van der Waals surface area contributed by atoms with E-state index < -0.39 is 9.05 Å². The number of rotatable bonds is 2. The van der Waals surface area contributed by atoms with Gasteiger partial charge in [0.15, 0.2) is 0 Å². The third-order valence-corrected chi connectivity index (χ3v) is 3.64. The highest BCUT2D eigenvalue weighted by molar-refractivity contribution is 8.13. The summed E-state index contributed by atoms with van der Waals surface area (Å²) < 4.78 is 24.1. The van der Waals surface area contributed by atoms with Crippen molar-refractivity contribution in [1.82, 2.24) is 9.55 Å².